The van der Waals surface area contributed by atoms with E-state index in [1.807, 2.05) is 30.3 Å². The molecule has 4 heteroatoms. The number of benzene rings is 1. The van der Waals surface area contributed by atoms with Gasteiger partial charge in [-0.3, -0.25) is 14.4 Å². The van der Waals surface area contributed by atoms with E-state index in [1.165, 1.54) is 0 Å². The van der Waals surface area contributed by atoms with Crippen LogP contribution in [0.1, 0.15) is 24.8 Å². The Kier molecular flexibility index (Phi) is 3.92. The highest BCUT2D eigenvalue weighted by atomic mass is 16.2. The van der Waals surface area contributed by atoms with Crippen LogP contribution in [0.25, 0.3) is 0 Å². The standard InChI is InChI=1S/C19H21NO3/c1-13-15-10-16(21)12-19(11-15,17(13)22)18(23)20(2)9-8-14-6-4-3-5-7-14/h3-7,15H,1,8-12H2,2H3/t15-,19?/m1/s1. The van der Waals surface area contributed by atoms with Crippen molar-refractivity contribution in [1.29, 1.82) is 0 Å². The Morgan fingerprint density at radius 2 is 2.00 bits per heavy atom. The van der Waals surface area contributed by atoms with Crippen molar-refractivity contribution in [2.24, 2.45) is 11.3 Å². The van der Waals surface area contributed by atoms with Crippen LogP contribution in [-0.2, 0) is 20.8 Å². The lowest BCUT2D eigenvalue weighted by molar-refractivity contribution is -0.150. The van der Waals surface area contributed by atoms with Gasteiger partial charge in [-0.05, 0) is 29.9 Å². The molecule has 2 atom stereocenters. The first kappa shape index (κ1) is 15.7. The van der Waals surface area contributed by atoms with Gasteiger partial charge in [-0.1, -0.05) is 36.9 Å². The number of allylic oxidation sites excluding steroid dienone is 1. The molecule has 0 radical (unpaired) electrons. The summed E-state index contributed by atoms with van der Waals surface area (Å²) < 4.78 is 0. The van der Waals surface area contributed by atoms with E-state index < -0.39 is 5.41 Å². The van der Waals surface area contributed by atoms with E-state index in [0.29, 0.717) is 25.0 Å². The maximum absolute atomic E-state index is 12.9. The Morgan fingerprint density at radius 1 is 1.30 bits per heavy atom. The zero-order chi connectivity index (χ0) is 16.6. The molecule has 0 saturated heterocycles. The lowest BCUT2D eigenvalue weighted by Crippen LogP contribution is -2.47. The van der Waals surface area contributed by atoms with Gasteiger partial charge in [0.15, 0.2) is 5.78 Å². The van der Waals surface area contributed by atoms with Crippen LogP contribution in [0.5, 0.6) is 0 Å². The molecule has 2 aliphatic rings. The second kappa shape index (κ2) is 5.76. The average Bonchev–Trinajstić information content (AvgIpc) is 2.74. The molecule has 3 rings (SSSR count). The van der Waals surface area contributed by atoms with E-state index in [0.717, 1.165) is 12.0 Å². The molecule has 2 saturated carbocycles. The molecular formula is C19H21NO3. The van der Waals surface area contributed by atoms with Crippen LogP contribution >= 0.6 is 0 Å². The first-order valence-electron chi connectivity index (χ1n) is 7.99. The number of rotatable bonds is 4. The Balaban J connectivity index is 1.74. The minimum atomic E-state index is -1.18. The Labute approximate surface area is 136 Å². The summed E-state index contributed by atoms with van der Waals surface area (Å²) in [7, 11) is 1.71. The molecule has 2 aliphatic carbocycles. The van der Waals surface area contributed by atoms with Crippen LogP contribution in [0, 0.1) is 11.3 Å². The van der Waals surface area contributed by atoms with Crippen molar-refractivity contribution in [2.45, 2.75) is 25.7 Å². The number of carbonyl (C=O) groups excluding carboxylic acids is 3. The van der Waals surface area contributed by atoms with Crippen LogP contribution in [0.15, 0.2) is 42.5 Å². The number of fused-ring (bicyclic) bond motifs is 2. The molecule has 0 spiro atoms. The molecule has 2 bridgehead atoms. The minimum Gasteiger partial charge on any atom is -0.345 e. The summed E-state index contributed by atoms with van der Waals surface area (Å²) in [6.07, 6.45) is 1.57. The van der Waals surface area contributed by atoms with Gasteiger partial charge in [0.2, 0.25) is 5.91 Å². The predicted octanol–water partition coefficient (Wildman–Crippen LogP) is 2.18. The quantitative estimate of drug-likeness (QED) is 0.632. The second-order valence-corrected chi connectivity index (χ2v) is 6.72. The SMILES string of the molecule is C=C1C(=O)C2(C(=O)N(C)CCc3ccccc3)CC(=O)C[C@@H]1C2. The third kappa shape index (κ3) is 2.62. The van der Waals surface area contributed by atoms with Crippen LogP contribution in [0.2, 0.25) is 0 Å². The number of hydrogen-bond donors (Lipinski definition) is 0. The minimum absolute atomic E-state index is 0.00180. The lowest BCUT2D eigenvalue weighted by Gasteiger charge is -2.32. The van der Waals surface area contributed by atoms with Crippen molar-refractivity contribution in [2.75, 3.05) is 13.6 Å². The van der Waals surface area contributed by atoms with Gasteiger partial charge in [0.1, 0.15) is 11.2 Å². The molecule has 1 unspecified atom stereocenters. The number of Topliss-reactive ketones (excluding diaryl/α,β-unsaturated/α-hetero) is 2. The first-order chi connectivity index (χ1) is 10.9. The summed E-state index contributed by atoms with van der Waals surface area (Å²) in [5, 5.41) is 0. The largest absolute Gasteiger partial charge is 0.345 e. The van der Waals surface area contributed by atoms with E-state index in [1.54, 1.807) is 11.9 Å². The van der Waals surface area contributed by atoms with Crippen molar-refractivity contribution in [3.8, 4) is 0 Å². The summed E-state index contributed by atoms with van der Waals surface area (Å²) in [5.74, 6) is -0.590. The molecule has 0 aliphatic heterocycles. The maximum Gasteiger partial charge on any atom is 0.236 e. The zero-order valence-electron chi connectivity index (χ0n) is 13.4. The number of carbonyl (C=O) groups is 3. The van der Waals surface area contributed by atoms with Gasteiger partial charge in [0.05, 0.1) is 0 Å². The van der Waals surface area contributed by atoms with Crippen molar-refractivity contribution < 1.29 is 14.4 Å². The van der Waals surface area contributed by atoms with Gasteiger partial charge in [-0.2, -0.15) is 0 Å². The fraction of sp³-hybridized carbons (Fsp3) is 0.421. The predicted molar refractivity (Wildman–Crippen MR) is 86.7 cm³/mol. The molecule has 0 aromatic heterocycles. The average molecular weight is 311 g/mol. The highest BCUT2D eigenvalue weighted by molar-refractivity contribution is 6.19. The number of nitrogens with zero attached hydrogens (tertiary/aromatic N) is 1. The van der Waals surface area contributed by atoms with Gasteiger partial charge >= 0.3 is 0 Å². The summed E-state index contributed by atoms with van der Waals surface area (Å²) in [6.45, 7) is 4.35. The fourth-order valence-electron chi connectivity index (χ4n) is 3.83. The number of hydrogen-bond acceptors (Lipinski definition) is 3. The van der Waals surface area contributed by atoms with E-state index >= 15 is 0 Å². The normalized spacial score (nSPS) is 26.5. The smallest absolute Gasteiger partial charge is 0.236 e. The van der Waals surface area contributed by atoms with Gasteiger partial charge in [-0.15, -0.1) is 0 Å². The highest BCUT2D eigenvalue weighted by Gasteiger charge is 2.59. The molecule has 120 valence electrons. The molecule has 1 aromatic carbocycles. The Bertz CT molecular complexity index is 679. The van der Waals surface area contributed by atoms with E-state index in [4.69, 9.17) is 0 Å². The van der Waals surface area contributed by atoms with Crippen molar-refractivity contribution in [3.63, 3.8) is 0 Å². The number of likely N-dealkylation sites (N-methyl/N-ethyl adjacent to an activating group) is 1. The fourth-order valence-corrected chi connectivity index (χ4v) is 3.83. The van der Waals surface area contributed by atoms with E-state index in [-0.39, 0.29) is 29.8 Å². The summed E-state index contributed by atoms with van der Waals surface area (Å²) in [5.41, 5.74) is 0.424. The zero-order valence-corrected chi connectivity index (χ0v) is 13.4. The number of amides is 1. The van der Waals surface area contributed by atoms with E-state index in [9.17, 15) is 14.4 Å². The highest BCUT2D eigenvalue weighted by Crippen LogP contribution is 2.50. The van der Waals surface area contributed by atoms with Crippen LogP contribution < -0.4 is 0 Å². The molecular weight excluding hydrogens is 290 g/mol. The monoisotopic (exact) mass is 311 g/mol. The molecule has 1 aromatic rings. The van der Waals surface area contributed by atoms with Gasteiger partial charge in [0, 0.05) is 26.4 Å². The third-order valence-corrected chi connectivity index (χ3v) is 5.12. The Hall–Kier alpha value is -2.23. The summed E-state index contributed by atoms with van der Waals surface area (Å²) >= 11 is 0. The van der Waals surface area contributed by atoms with Crippen molar-refractivity contribution >= 4 is 17.5 Å². The van der Waals surface area contributed by atoms with Crippen molar-refractivity contribution in [1.82, 2.24) is 4.90 Å². The van der Waals surface area contributed by atoms with Crippen LogP contribution in [0.4, 0.5) is 0 Å². The molecule has 2 fully saturated rings. The number of ketones is 2. The molecule has 23 heavy (non-hydrogen) atoms. The van der Waals surface area contributed by atoms with Gasteiger partial charge < -0.3 is 4.90 Å². The lowest BCUT2D eigenvalue weighted by atomic mass is 9.73. The van der Waals surface area contributed by atoms with Crippen LogP contribution in [0.3, 0.4) is 0 Å². The molecule has 4 nitrogen and oxygen atoms in total. The van der Waals surface area contributed by atoms with Crippen LogP contribution in [-0.4, -0.2) is 36.0 Å². The first-order valence-corrected chi connectivity index (χ1v) is 7.99. The van der Waals surface area contributed by atoms with Crippen molar-refractivity contribution in [3.05, 3.63) is 48.0 Å². The summed E-state index contributed by atoms with van der Waals surface area (Å²) in [4.78, 5) is 39.0. The molecule has 1 amide bonds. The van der Waals surface area contributed by atoms with E-state index in [2.05, 4.69) is 6.58 Å². The summed E-state index contributed by atoms with van der Waals surface area (Å²) in [6, 6.07) is 9.90. The van der Waals surface area contributed by atoms with Gasteiger partial charge in [0.25, 0.3) is 0 Å². The second-order valence-electron chi connectivity index (χ2n) is 6.72. The maximum atomic E-state index is 12.9. The van der Waals surface area contributed by atoms with Gasteiger partial charge in [-0.25, -0.2) is 0 Å². The topological polar surface area (TPSA) is 54.5 Å². The third-order valence-electron chi connectivity index (χ3n) is 5.12. The molecule has 0 heterocycles. The Morgan fingerprint density at radius 3 is 2.70 bits per heavy atom. The molecule has 0 N–H and O–H groups in total.